The molecule has 1 aliphatic rings. The van der Waals surface area contributed by atoms with E-state index in [-0.39, 0.29) is 6.04 Å². The van der Waals surface area contributed by atoms with Crippen LogP contribution in [0.15, 0.2) is 48.5 Å². The molecule has 1 heterocycles. The number of nitrogens with two attached hydrogens (primary N) is 1. The fourth-order valence-electron chi connectivity index (χ4n) is 3.41. The fourth-order valence-corrected chi connectivity index (χ4v) is 3.41. The number of rotatable bonds is 7. The first kappa shape index (κ1) is 17.2. The third-order valence-corrected chi connectivity index (χ3v) is 4.95. The summed E-state index contributed by atoms with van der Waals surface area (Å²) >= 11 is 0. The van der Waals surface area contributed by atoms with E-state index >= 15 is 0 Å². The Morgan fingerprint density at radius 3 is 2.71 bits per heavy atom. The minimum Gasteiger partial charge on any atom is -0.327 e. The summed E-state index contributed by atoms with van der Waals surface area (Å²) in [6.07, 6.45) is 3.27. The number of benzene rings is 2. The van der Waals surface area contributed by atoms with Crippen LogP contribution in [-0.4, -0.2) is 18.6 Å². The van der Waals surface area contributed by atoms with E-state index in [1.54, 1.807) is 0 Å². The van der Waals surface area contributed by atoms with Crippen molar-refractivity contribution in [2.45, 2.75) is 51.4 Å². The lowest BCUT2D eigenvalue weighted by Gasteiger charge is -2.23. The van der Waals surface area contributed by atoms with Gasteiger partial charge in [0.05, 0.1) is 0 Å². The molecule has 3 rings (SSSR count). The molecule has 2 atom stereocenters. The van der Waals surface area contributed by atoms with Crippen molar-refractivity contribution < 1.29 is 0 Å². The van der Waals surface area contributed by atoms with E-state index in [0.717, 1.165) is 38.9 Å². The molecule has 0 radical (unpaired) electrons. The summed E-state index contributed by atoms with van der Waals surface area (Å²) in [5, 5.41) is 7.12. The standard InChI is InChI=1S/C21H29N3/c1-16(22)21(10-8-17-5-3-2-4-6-17)24-14-18-7-9-19-11-12-23-15-20(19)13-18/h2-7,9,13,16,21,23-24H,8,10-12,14-15,22H2,1H3. The second-order valence-electron chi connectivity index (χ2n) is 6.90. The molecule has 2 unspecified atom stereocenters. The zero-order chi connectivity index (χ0) is 16.8. The average molecular weight is 323 g/mol. The highest BCUT2D eigenvalue weighted by molar-refractivity contribution is 5.33. The number of hydrogen-bond acceptors (Lipinski definition) is 3. The predicted octanol–water partition coefficient (Wildman–Crippen LogP) is 2.77. The van der Waals surface area contributed by atoms with Crippen molar-refractivity contribution in [3.63, 3.8) is 0 Å². The molecule has 0 aliphatic carbocycles. The van der Waals surface area contributed by atoms with Gasteiger partial charge < -0.3 is 16.4 Å². The quantitative estimate of drug-likeness (QED) is 0.734. The van der Waals surface area contributed by atoms with Gasteiger partial charge in [-0.05, 0) is 55.0 Å². The van der Waals surface area contributed by atoms with Gasteiger partial charge in [0.1, 0.15) is 0 Å². The lowest BCUT2D eigenvalue weighted by Crippen LogP contribution is -2.43. The van der Waals surface area contributed by atoms with Gasteiger partial charge in [-0.15, -0.1) is 0 Å². The second-order valence-corrected chi connectivity index (χ2v) is 6.90. The van der Waals surface area contributed by atoms with E-state index in [2.05, 4.69) is 66.1 Å². The van der Waals surface area contributed by atoms with Crippen LogP contribution < -0.4 is 16.4 Å². The molecule has 0 saturated carbocycles. The van der Waals surface area contributed by atoms with Crippen LogP contribution >= 0.6 is 0 Å². The Morgan fingerprint density at radius 2 is 1.92 bits per heavy atom. The monoisotopic (exact) mass is 323 g/mol. The Hall–Kier alpha value is -1.68. The van der Waals surface area contributed by atoms with Crippen LogP contribution in [0, 0.1) is 0 Å². The van der Waals surface area contributed by atoms with Crippen LogP contribution in [0.2, 0.25) is 0 Å². The van der Waals surface area contributed by atoms with Gasteiger partial charge in [-0.2, -0.15) is 0 Å². The largest absolute Gasteiger partial charge is 0.327 e. The maximum absolute atomic E-state index is 6.20. The summed E-state index contributed by atoms with van der Waals surface area (Å²) in [4.78, 5) is 0. The van der Waals surface area contributed by atoms with Crippen molar-refractivity contribution in [1.82, 2.24) is 10.6 Å². The molecule has 0 fully saturated rings. The van der Waals surface area contributed by atoms with E-state index in [4.69, 9.17) is 5.73 Å². The topological polar surface area (TPSA) is 50.1 Å². The lowest BCUT2D eigenvalue weighted by atomic mass is 9.97. The van der Waals surface area contributed by atoms with Gasteiger partial charge in [0.15, 0.2) is 0 Å². The predicted molar refractivity (Wildman–Crippen MR) is 101 cm³/mol. The van der Waals surface area contributed by atoms with Gasteiger partial charge in [0, 0.05) is 25.2 Å². The summed E-state index contributed by atoms with van der Waals surface area (Å²) in [5.74, 6) is 0. The first-order chi connectivity index (χ1) is 11.7. The number of hydrogen-bond donors (Lipinski definition) is 3. The highest BCUT2D eigenvalue weighted by Gasteiger charge is 2.14. The van der Waals surface area contributed by atoms with E-state index < -0.39 is 0 Å². The van der Waals surface area contributed by atoms with Gasteiger partial charge in [0.2, 0.25) is 0 Å². The van der Waals surface area contributed by atoms with Crippen molar-refractivity contribution in [2.24, 2.45) is 5.73 Å². The summed E-state index contributed by atoms with van der Waals surface area (Å²) in [7, 11) is 0. The Balaban J connectivity index is 1.56. The second kappa shape index (κ2) is 8.43. The van der Waals surface area contributed by atoms with Gasteiger partial charge in [-0.1, -0.05) is 48.5 Å². The van der Waals surface area contributed by atoms with E-state index in [9.17, 15) is 0 Å². The summed E-state index contributed by atoms with van der Waals surface area (Å²) in [6.45, 7) is 5.07. The summed E-state index contributed by atoms with van der Waals surface area (Å²) in [6, 6.07) is 18.0. The van der Waals surface area contributed by atoms with E-state index in [1.807, 2.05) is 0 Å². The summed E-state index contributed by atoms with van der Waals surface area (Å²) < 4.78 is 0. The summed E-state index contributed by atoms with van der Waals surface area (Å²) in [5.41, 5.74) is 11.9. The molecular formula is C21H29N3. The molecule has 0 saturated heterocycles. The first-order valence-corrected chi connectivity index (χ1v) is 9.06. The first-order valence-electron chi connectivity index (χ1n) is 9.06. The minimum absolute atomic E-state index is 0.146. The molecule has 2 aromatic rings. The van der Waals surface area contributed by atoms with Crippen LogP contribution in [0.4, 0.5) is 0 Å². The van der Waals surface area contributed by atoms with Crippen molar-refractivity contribution in [1.29, 1.82) is 0 Å². The molecule has 24 heavy (non-hydrogen) atoms. The van der Waals surface area contributed by atoms with Gasteiger partial charge >= 0.3 is 0 Å². The smallest absolute Gasteiger partial charge is 0.0222 e. The average Bonchev–Trinajstić information content (AvgIpc) is 2.62. The Bertz CT molecular complexity index is 637. The molecule has 3 heteroatoms. The maximum Gasteiger partial charge on any atom is 0.0222 e. The van der Waals surface area contributed by atoms with Crippen LogP contribution in [0.3, 0.4) is 0 Å². The van der Waals surface area contributed by atoms with E-state index in [1.165, 1.54) is 22.3 Å². The molecule has 0 aromatic heterocycles. The molecule has 0 bridgehead atoms. The third kappa shape index (κ3) is 4.67. The zero-order valence-corrected chi connectivity index (χ0v) is 14.6. The Morgan fingerprint density at radius 1 is 1.08 bits per heavy atom. The third-order valence-electron chi connectivity index (χ3n) is 4.95. The van der Waals surface area contributed by atoms with Crippen LogP contribution in [0.25, 0.3) is 0 Å². The molecule has 3 nitrogen and oxygen atoms in total. The van der Waals surface area contributed by atoms with Crippen LogP contribution in [0.5, 0.6) is 0 Å². The highest BCUT2D eigenvalue weighted by atomic mass is 14.9. The number of nitrogens with one attached hydrogen (secondary N) is 2. The zero-order valence-electron chi connectivity index (χ0n) is 14.6. The molecule has 0 spiro atoms. The van der Waals surface area contributed by atoms with Crippen molar-refractivity contribution in [2.75, 3.05) is 6.54 Å². The van der Waals surface area contributed by atoms with Gasteiger partial charge in [0.25, 0.3) is 0 Å². The molecule has 0 amide bonds. The van der Waals surface area contributed by atoms with Crippen molar-refractivity contribution in [3.05, 3.63) is 70.8 Å². The van der Waals surface area contributed by atoms with Crippen molar-refractivity contribution in [3.8, 4) is 0 Å². The van der Waals surface area contributed by atoms with Crippen LogP contribution in [-0.2, 0) is 25.9 Å². The SMILES string of the molecule is CC(N)C(CCc1ccccc1)NCc1ccc2c(c1)CNCC2. The molecule has 1 aliphatic heterocycles. The van der Waals surface area contributed by atoms with Gasteiger partial charge in [-0.3, -0.25) is 0 Å². The maximum atomic E-state index is 6.20. The Labute approximate surface area is 145 Å². The van der Waals surface area contributed by atoms with E-state index in [0.29, 0.717) is 6.04 Å². The number of aryl methyl sites for hydroxylation is 1. The molecule has 128 valence electrons. The highest BCUT2D eigenvalue weighted by Crippen LogP contribution is 2.16. The van der Waals surface area contributed by atoms with Gasteiger partial charge in [-0.25, -0.2) is 0 Å². The number of fused-ring (bicyclic) bond motifs is 1. The molecule has 4 N–H and O–H groups in total. The minimum atomic E-state index is 0.146. The normalized spacial score (nSPS) is 16.4. The Kier molecular flexibility index (Phi) is 6.02. The van der Waals surface area contributed by atoms with Crippen molar-refractivity contribution >= 4 is 0 Å². The van der Waals surface area contributed by atoms with Crippen LogP contribution in [0.1, 0.15) is 35.6 Å². The fraction of sp³-hybridized carbons (Fsp3) is 0.429. The lowest BCUT2D eigenvalue weighted by molar-refractivity contribution is 0.421. The molecule has 2 aromatic carbocycles. The molecular weight excluding hydrogens is 294 g/mol.